The van der Waals surface area contributed by atoms with Gasteiger partial charge in [0.05, 0.1) is 12.4 Å². The van der Waals surface area contributed by atoms with Gasteiger partial charge in [0.25, 0.3) is 0 Å². The molecule has 0 radical (unpaired) electrons. The molecule has 7 heteroatoms. The van der Waals surface area contributed by atoms with Gasteiger partial charge in [0.1, 0.15) is 4.90 Å². The van der Waals surface area contributed by atoms with Crippen LogP contribution in [0.4, 0.5) is 5.95 Å². The molecule has 6 nitrogen and oxygen atoms in total. The van der Waals surface area contributed by atoms with Crippen LogP contribution in [0.15, 0.2) is 17.3 Å². The van der Waals surface area contributed by atoms with Crippen molar-refractivity contribution in [2.75, 3.05) is 11.9 Å². The number of sulfonamides is 1. The maximum Gasteiger partial charge on any atom is 0.243 e. The Morgan fingerprint density at radius 2 is 2.00 bits per heavy atom. The Morgan fingerprint density at radius 1 is 1.32 bits per heavy atom. The van der Waals surface area contributed by atoms with E-state index in [4.69, 9.17) is 0 Å². The zero-order valence-corrected chi connectivity index (χ0v) is 12.1. The van der Waals surface area contributed by atoms with E-state index in [1.807, 2.05) is 6.92 Å². The molecule has 19 heavy (non-hydrogen) atoms. The standard InChI is InChI=1S/C12H20N4O2S/c1-3-5-9-6-11(9)16-19(17,18)10-7-14-12(13-4-2)15-8-10/h7-9,11,16H,3-6H2,1-2H3,(H,13,14,15). The number of nitrogens with one attached hydrogen (secondary N) is 2. The van der Waals surface area contributed by atoms with Crippen LogP contribution in [0.25, 0.3) is 0 Å². The molecule has 0 aromatic carbocycles. The summed E-state index contributed by atoms with van der Waals surface area (Å²) in [5, 5.41) is 2.93. The minimum Gasteiger partial charge on any atom is -0.355 e. The van der Waals surface area contributed by atoms with Crippen molar-refractivity contribution in [1.29, 1.82) is 0 Å². The van der Waals surface area contributed by atoms with Crippen molar-refractivity contribution in [3.63, 3.8) is 0 Å². The van der Waals surface area contributed by atoms with Gasteiger partial charge in [0.2, 0.25) is 16.0 Å². The lowest BCUT2D eigenvalue weighted by atomic mass is 10.2. The van der Waals surface area contributed by atoms with E-state index in [1.165, 1.54) is 12.4 Å². The molecule has 1 saturated carbocycles. The number of hydrogen-bond donors (Lipinski definition) is 2. The molecule has 0 bridgehead atoms. The Hall–Kier alpha value is -1.21. The lowest BCUT2D eigenvalue weighted by molar-refractivity contribution is 0.572. The predicted octanol–water partition coefficient (Wildman–Crippen LogP) is 1.38. The molecule has 2 N–H and O–H groups in total. The van der Waals surface area contributed by atoms with Gasteiger partial charge in [-0.3, -0.25) is 0 Å². The average Bonchev–Trinajstić information content (AvgIpc) is 3.08. The highest BCUT2D eigenvalue weighted by Gasteiger charge is 2.39. The third-order valence-electron chi connectivity index (χ3n) is 3.16. The van der Waals surface area contributed by atoms with E-state index in [2.05, 4.69) is 26.9 Å². The maximum absolute atomic E-state index is 12.1. The van der Waals surface area contributed by atoms with Gasteiger partial charge in [-0.1, -0.05) is 13.3 Å². The quantitative estimate of drug-likeness (QED) is 0.790. The second-order valence-corrected chi connectivity index (χ2v) is 6.50. The van der Waals surface area contributed by atoms with Crippen molar-refractivity contribution in [2.45, 2.75) is 44.0 Å². The van der Waals surface area contributed by atoms with Crippen LogP contribution >= 0.6 is 0 Å². The lowest BCUT2D eigenvalue weighted by Gasteiger charge is -2.06. The molecule has 0 amide bonds. The van der Waals surface area contributed by atoms with Crippen LogP contribution in [0.2, 0.25) is 0 Å². The number of rotatable bonds is 7. The summed E-state index contributed by atoms with van der Waals surface area (Å²) in [6.45, 7) is 4.73. The summed E-state index contributed by atoms with van der Waals surface area (Å²) < 4.78 is 26.9. The molecule has 0 spiro atoms. The van der Waals surface area contributed by atoms with Crippen molar-refractivity contribution in [3.8, 4) is 0 Å². The van der Waals surface area contributed by atoms with Crippen molar-refractivity contribution in [3.05, 3.63) is 12.4 Å². The van der Waals surface area contributed by atoms with Gasteiger partial charge in [-0.15, -0.1) is 0 Å². The highest BCUT2D eigenvalue weighted by molar-refractivity contribution is 7.89. The molecule has 1 heterocycles. The number of anilines is 1. The Labute approximate surface area is 114 Å². The second-order valence-electron chi connectivity index (χ2n) is 4.78. The van der Waals surface area contributed by atoms with Gasteiger partial charge in [-0.2, -0.15) is 0 Å². The maximum atomic E-state index is 12.1. The molecule has 1 aliphatic carbocycles. The third-order valence-corrected chi connectivity index (χ3v) is 4.61. The second kappa shape index (κ2) is 5.83. The van der Waals surface area contributed by atoms with E-state index >= 15 is 0 Å². The van der Waals surface area contributed by atoms with E-state index in [0.717, 1.165) is 19.3 Å². The van der Waals surface area contributed by atoms with Gasteiger partial charge >= 0.3 is 0 Å². The van der Waals surface area contributed by atoms with Crippen LogP contribution in [0.1, 0.15) is 33.1 Å². The van der Waals surface area contributed by atoms with Crippen molar-refractivity contribution in [2.24, 2.45) is 5.92 Å². The number of aromatic nitrogens is 2. The molecular weight excluding hydrogens is 264 g/mol. The first-order valence-corrected chi connectivity index (χ1v) is 8.13. The summed E-state index contributed by atoms with van der Waals surface area (Å²) in [5.74, 6) is 0.929. The zero-order valence-electron chi connectivity index (χ0n) is 11.3. The molecule has 1 aromatic heterocycles. The topological polar surface area (TPSA) is 84.0 Å². The summed E-state index contributed by atoms with van der Waals surface area (Å²) in [6.07, 6.45) is 5.77. The van der Waals surface area contributed by atoms with Crippen LogP contribution < -0.4 is 10.0 Å². The molecule has 0 aliphatic heterocycles. The highest BCUT2D eigenvalue weighted by atomic mass is 32.2. The molecule has 2 rings (SSSR count). The average molecular weight is 284 g/mol. The monoisotopic (exact) mass is 284 g/mol. The van der Waals surface area contributed by atoms with Crippen molar-refractivity contribution >= 4 is 16.0 Å². The minimum atomic E-state index is -3.48. The molecule has 0 saturated heterocycles. The Morgan fingerprint density at radius 3 is 2.58 bits per heavy atom. The molecule has 106 valence electrons. The summed E-state index contributed by atoms with van der Waals surface area (Å²) in [6, 6.07) is 0.0818. The SMILES string of the molecule is CCCC1CC1NS(=O)(=O)c1cnc(NCC)nc1. The summed E-state index contributed by atoms with van der Waals surface area (Å²) >= 11 is 0. The number of hydrogen-bond acceptors (Lipinski definition) is 5. The Bertz CT molecular complexity index is 515. The third kappa shape index (κ3) is 3.63. The largest absolute Gasteiger partial charge is 0.355 e. The van der Waals surface area contributed by atoms with E-state index in [1.54, 1.807) is 0 Å². The van der Waals surface area contributed by atoms with Gasteiger partial charge in [-0.05, 0) is 25.7 Å². The first kappa shape index (κ1) is 14.2. The summed E-state index contributed by atoms with van der Waals surface area (Å²) in [4.78, 5) is 8.07. The molecule has 1 aromatic rings. The Balaban J connectivity index is 1.99. The smallest absolute Gasteiger partial charge is 0.243 e. The number of nitrogens with zero attached hydrogens (tertiary/aromatic N) is 2. The zero-order chi connectivity index (χ0) is 13.9. The Kier molecular flexibility index (Phi) is 4.36. The molecule has 2 unspecified atom stereocenters. The predicted molar refractivity (Wildman–Crippen MR) is 73.3 cm³/mol. The van der Waals surface area contributed by atoms with Crippen LogP contribution in [0.3, 0.4) is 0 Å². The van der Waals surface area contributed by atoms with Crippen LogP contribution in [-0.2, 0) is 10.0 Å². The molecule has 1 aliphatic rings. The summed E-state index contributed by atoms with van der Waals surface area (Å²) in [7, 11) is -3.48. The van der Waals surface area contributed by atoms with E-state index in [0.29, 0.717) is 18.4 Å². The first-order valence-electron chi connectivity index (χ1n) is 6.65. The van der Waals surface area contributed by atoms with Gasteiger partial charge in [-0.25, -0.2) is 23.1 Å². The molecule has 1 fully saturated rings. The van der Waals surface area contributed by atoms with Gasteiger partial charge in [0.15, 0.2) is 0 Å². The molecular formula is C12H20N4O2S. The lowest BCUT2D eigenvalue weighted by Crippen LogP contribution is -2.27. The first-order chi connectivity index (χ1) is 9.06. The highest BCUT2D eigenvalue weighted by Crippen LogP contribution is 2.35. The van der Waals surface area contributed by atoms with Crippen LogP contribution in [0, 0.1) is 5.92 Å². The van der Waals surface area contributed by atoms with Gasteiger partial charge in [0, 0.05) is 12.6 Å². The fourth-order valence-electron chi connectivity index (χ4n) is 2.05. The van der Waals surface area contributed by atoms with Crippen molar-refractivity contribution in [1.82, 2.24) is 14.7 Å². The summed E-state index contributed by atoms with van der Waals surface area (Å²) in [5.41, 5.74) is 0. The van der Waals surface area contributed by atoms with E-state index in [-0.39, 0.29) is 10.9 Å². The fourth-order valence-corrected chi connectivity index (χ4v) is 3.26. The molecule has 2 atom stereocenters. The normalized spacial score (nSPS) is 22.2. The van der Waals surface area contributed by atoms with Crippen LogP contribution in [-0.4, -0.2) is 31.0 Å². The van der Waals surface area contributed by atoms with E-state index < -0.39 is 10.0 Å². The van der Waals surface area contributed by atoms with Gasteiger partial charge < -0.3 is 5.32 Å². The van der Waals surface area contributed by atoms with Crippen LogP contribution in [0.5, 0.6) is 0 Å². The minimum absolute atomic E-state index is 0.0818. The fraction of sp³-hybridized carbons (Fsp3) is 0.667. The van der Waals surface area contributed by atoms with E-state index in [9.17, 15) is 8.42 Å². The van der Waals surface area contributed by atoms with Crippen molar-refractivity contribution < 1.29 is 8.42 Å².